The largest absolute Gasteiger partial charge is 0.477 e. The first kappa shape index (κ1) is 28.5. The van der Waals surface area contributed by atoms with Crippen LogP contribution in [-0.4, -0.2) is 63.5 Å². The van der Waals surface area contributed by atoms with Gasteiger partial charge < -0.3 is 21.1 Å². The quantitative estimate of drug-likeness (QED) is 0.298. The molecule has 1 aromatic rings. The summed E-state index contributed by atoms with van der Waals surface area (Å²) in [5.74, 6) is -0.744. The van der Waals surface area contributed by atoms with Gasteiger partial charge in [-0.1, -0.05) is 12.5 Å². The van der Waals surface area contributed by atoms with Crippen molar-refractivity contribution in [2.24, 2.45) is 28.5 Å². The first-order valence-electron chi connectivity index (χ1n) is 11.5. The Bertz CT molecular complexity index is 973. The van der Waals surface area contributed by atoms with E-state index in [4.69, 9.17) is 16.2 Å². The third kappa shape index (κ3) is 6.49. The number of fused-ring (bicyclic) bond motifs is 2. The van der Waals surface area contributed by atoms with Crippen molar-refractivity contribution < 1.29 is 19.5 Å². The Balaban J connectivity index is 0.00000216. The van der Waals surface area contributed by atoms with Crippen molar-refractivity contribution in [1.82, 2.24) is 15.2 Å². The number of aliphatic imine (C=N–C) groups is 1. The number of carbonyl (C=O) groups excluding carboxylic acids is 2. The second kappa shape index (κ2) is 12.3. The molecule has 2 aliphatic carbocycles. The number of aliphatic carboxylic acids is 1. The van der Waals surface area contributed by atoms with Crippen LogP contribution < -0.4 is 11.1 Å². The van der Waals surface area contributed by atoms with Crippen LogP contribution in [0.5, 0.6) is 0 Å². The molecule has 4 unspecified atom stereocenters. The minimum absolute atomic E-state index is 0. The summed E-state index contributed by atoms with van der Waals surface area (Å²) in [6, 6.07) is 2.03. The zero-order valence-electron chi connectivity index (χ0n) is 19.3. The van der Waals surface area contributed by atoms with Crippen molar-refractivity contribution in [2.75, 3.05) is 6.54 Å². The van der Waals surface area contributed by atoms with Gasteiger partial charge in [-0.25, -0.2) is 4.79 Å². The second-order valence-corrected chi connectivity index (χ2v) is 9.27. The molecule has 35 heavy (non-hydrogen) atoms. The molecule has 4 rings (SSSR count). The zero-order valence-corrected chi connectivity index (χ0v) is 20.9. The summed E-state index contributed by atoms with van der Waals surface area (Å²) in [5.41, 5.74) is 6.54. The fourth-order valence-electron chi connectivity index (χ4n) is 5.65. The van der Waals surface area contributed by atoms with Crippen LogP contribution in [0.4, 0.5) is 0 Å². The van der Waals surface area contributed by atoms with Gasteiger partial charge in [0.25, 0.3) is 0 Å². The van der Waals surface area contributed by atoms with Crippen molar-refractivity contribution >= 4 is 54.6 Å². The Morgan fingerprint density at radius 1 is 1.26 bits per heavy atom. The molecule has 12 heteroatoms. The summed E-state index contributed by atoms with van der Waals surface area (Å²) in [6.45, 7) is 0.710. The average molecular weight is 527 g/mol. The van der Waals surface area contributed by atoms with Crippen LogP contribution in [0.3, 0.4) is 0 Å². The molecule has 1 aromatic heterocycles. The Hall–Kier alpha value is -2.72. The minimum Gasteiger partial charge on any atom is -0.477 e. The van der Waals surface area contributed by atoms with Gasteiger partial charge in [0.1, 0.15) is 29.8 Å². The lowest BCUT2D eigenvalue weighted by Gasteiger charge is -2.32. The van der Waals surface area contributed by atoms with Crippen molar-refractivity contribution in [2.45, 2.75) is 57.2 Å². The number of nitrogen functional groups attached to an aromatic ring is 1. The molecule has 5 N–H and O–H groups in total. The third-order valence-corrected chi connectivity index (χ3v) is 7.20. The first-order chi connectivity index (χ1) is 15.8. The first-order valence-corrected chi connectivity index (χ1v) is 11.5. The number of carbonyl (C=O) groups is 3. The molecular weight excluding hydrogens is 495 g/mol. The van der Waals surface area contributed by atoms with E-state index in [1.807, 2.05) is 0 Å². The molecular formula is C23H32Cl2N6O4. The predicted molar refractivity (Wildman–Crippen MR) is 135 cm³/mol. The SMILES string of the molecule is Cl.Cl.N=C(N)c1ccc(CNC(=O)[C@@H]2CCCN2C(=O)C(N=CC(=O)O)C2CC3CCC2C3)cn1. The molecule has 0 spiro atoms. The molecule has 0 aromatic carbocycles. The summed E-state index contributed by atoms with van der Waals surface area (Å²) in [7, 11) is 0. The van der Waals surface area contributed by atoms with Crippen LogP contribution in [0.2, 0.25) is 0 Å². The van der Waals surface area contributed by atoms with Gasteiger partial charge in [-0.05, 0) is 61.5 Å². The number of aromatic nitrogens is 1. The molecule has 2 saturated carbocycles. The number of carboxylic acid groups (broad SMARTS) is 1. The van der Waals surface area contributed by atoms with Gasteiger partial charge in [-0.3, -0.25) is 25.0 Å². The van der Waals surface area contributed by atoms with Gasteiger partial charge in [-0.15, -0.1) is 24.8 Å². The van der Waals surface area contributed by atoms with Crippen LogP contribution in [0.15, 0.2) is 23.3 Å². The van der Waals surface area contributed by atoms with Crippen molar-refractivity contribution in [3.05, 3.63) is 29.6 Å². The van der Waals surface area contributed by atoms with E-state index in [2.05, 4.69) is 15.3 Å². The zero-order chi connectivity index (χ0) is 23.5. The molecule has 1 saturated heterocycles. The number of hydrogen-bond donors (Lipinski definition) is 4. The molecule has 5 atom stereocenters. The van der Waals surface area contributed by atoms with E-state index in [0.717, 1.165) is 31.0 Å². The number of amidine groups is 1. The van der Waals surface area contributed by atoms with Gasteiger partial charge in [0.05, 0.1) is 0 Å². The third-order valence-electron chi connectivity index (χ3n) is 7.20. The number of hydrogen-bond acceptors (Lipinski definition) is 6. The summed E-state index contributed by atoms with van der Waals surface area (Å²) in [6.07, 6.45) is 7.86. The van der Waals surface area contributed by atoms with Crippen molar-refractivity contribution in [3.63, 3.8) is 0 Å². The number of pyridine rings is 1. The highest BCUT2D eigenvalue weighted by atomic mass is 35.5. The van der Waals surface area contributed by atoms with Crippen LogP contribution in [-0.2, 0) is 20.9 Å². The molecule has 0 radical (unpaired) electrons. The lowest BCUT2D eigenvalue weighted by Crippen LogP contribution is -2.50. The fourth-order valence-corrected chi connectivity index (χ4v) is 5.65. The number of amides is 2. The van der Waals surface area contributed by atoms with E-state index in [9.17, 15) is 14.4 Å². The van der Waals surface area contributed by atoms with Crippen molar-refractivity contribution in [3.8, 4) is 0 Å². The van der Waals surface area contributed by atoms with Gasteiger partial charge in [0.2, 0.25) is 11.8 Å². The van der Waals surface area contributed by atoms with Crippen LogP contribution in [0, 0.1) is 23.2 Å². The van der Waals surface area contributed by atoms with Crippen molar-refractivity contribution in [1.29, 1.82) is 5.41 Å². The Morgan fingerprint density at radius 2 is 2.03 bits per heavy atom. The topological polar surface area (TPSA) is 162 Å². The molecule has 2 amide bonds. The van der Waals surface area contributed by atoms with Gasteiger partial charge in [-0.2, -0.15) is 0 Å². The van der Waals surface area contributed by atoms with Gasteiger partial charge >= 0.3 is 5.97 Å². The lowest BCUT2D eigenvalue weighted by atomic mass is 9.83. The van der Waals surface area contributed by atoms with Gasteiger partial charge in [0, 0.05) is 19.3 Å². The maximum Gasteiger partial charge on any atom is 0.346 e. The second-order valence-electron chi connectivity index (χ2n) is 9.27. The molecule has 2 heterocycles. The molecule has 1 aliphatic heterocycles. The normalized spacial score (nSPS) is 25.5. The molecule has 3 aliphatic rings. The molecule has 2 bridgehead atoms. The predicted octanol–water partition coefficient (Wildman–Crippen LogP) is 1.78. The highest BCUT2D eigenvalue weighted by molar-refractivity contribution is 6.22. The highest BCUT2D eigenvalue weighted by Gasteiger charge is 2.47. The highest BCUT2D eigenvalue weighted by Crippen LogP contribution is 2.50. The number of rotatable bonds is 8. The van der Waals surface area contributed by atoms with E-state index in [0.29, 0.717) is 36.9 Å². The molecule has 192 valence electrons. The minimum atomic E-state index is -1.17. The molecule has 3 fully saturated rings. The Labute approximate surface area is 216 Å². The van der Waals surface area contributed by atoms with E-state index in [1.165, 1.54) is 6.42 Å². The summed E-state index contributed by atoms with van der Waals surface area (Å²) in [4.78, 5) is 47.4. The number of nitrogens with zero attached hydrogens (tertiary/aromatic N) is 3. The average Bonchev–Trinajstić information content (AvgIpc) is 3.54. The number of likely N-dealkylation sites (tertiary alicyclic amines) is 1. The Kier molecular flexibility index (Phi) is 10.0. The van der Waals surface area contributed by atoms with E-state index in [1.54, 1.807) is 23.2 Å². The number of carboxylic acids is 1. The number of nitrogens with two attached hydrogens (primary N) is 1. The lowest BCUT2D eigenvalue weighted by molar-refractivity contribution is -0.140. The number of nitrogens with one attached hydrogen (secondary N) is 2. The summed E-state index contributed by atoms with van der Waals surface area (Å²) in [5, 5.41) is 19.4. The van der Waals surface area contributed by atoms with E-state index >= 15 is 0 Å². The van der Waals surface area contributed by atoms with E-state index < -0.39 is 18.1 Å². The van der Waals surface area contributed by atoms with Gasteiger partial charge in [0.15, 0.2) is 0 Å². The fraction of sp³-hybridized carbons (Fsp3) is 0.565. The Morgan fingerprint density at radius 3 is 2.60 bits per heavy atom. The van der Waals surface area contributed by atoms with Crippen LogP contribution in [0.25, 0.3) is 0 Å². The summed E-state index contributed by atoms with van der Waals surface area (Å²) >= 11 is 0. The number of halogens is 2. The molecule has 10 nitrogen and oxygen atoms in total. The van der Waals surface area contributed by atoms with Crippen LogP contribution >= 0.6 is 24.8 Å². The standard InChI is InChI=1S/C23H30N6O4.2ClH/c24-21(25)17-6-4-14(10-26-17)11-28-22(32)18-2-1-7-29(18)23(33)20(27-12-19(30)31)16-9-13-3-5-15(16)8-13;;/h4,6,10,12-13,15-16,18,20H,1-3,5,7-9,11H2,(H3,24,25)(H,28,32)(H,30,31);2*1H/t13?,15?,16?,18-,20?;;/m0../s1. The van der Waals surface area contributed by atoms with Crippen LogP contribution in [0.1, 0.15) is 49.8 Å². The monoisotopic (exact) mass is 526 g/mol. The maximum atomic E-state index is 13.5. The van der Waals surface area contributed by atoms with E-state index in [-0.39, 0.29) is 54.9 Å². The summed E-state index contributed by atoms with van der Waals surface area (Å²) < 4.78 is 0. The maximum absolute atomic E-state index is 13.5. The smallest absolute Gasteiger partial charge is 0.346 e.